The van der Waals surface area contributed by atoms with E-state index < -0.39 is 91.5 Å². The number of unbranched alkanes of at least 4 members (excludes halogenated alkanes) is 44. The molecule has 0 rings (SSSR count). The molecule has 590 valence electrons. The molecule has 5 unspecified atom stereocenters. The molecular formula is C83H152O16P2. The summed E-state index contributed by atoms with van der Waals surface area (Å²) >= 11 is 0. The van der Waals surface area contributed by atoms with Crippen LogP contribution in [0.1, 0.15) is 380 Å². The van der Waals surface area contributed by atoms with Crippen LogP contribution in [0.3, 0.4) is 0 Å². The van der Waals surface area contributed by atoms with Gasteiger partial charge in [0.1, 0.15) is 25.4 Å². The van der Waals surface area contributed by atoms with Crippen molar-refractivity contribution < 1.29 is 75.8 Å². The number of carbonyl (C=O) groups excluding carboxylic acids is 3. The Hall–Kier alpha value is -3.01. The number of phosphoric ester groups is 2. The molecule has 0 saturated carbocycles. The lowest BCUT2D eigenvalue weighted by atomic mass is 10.0. The van der Waals surface area contributed by atoms with Gasteiger partial charge in [0.15, 0.2) is 6.10 Å². The molecule has 16 nitrogen and oxygen atoms in total. The summed E-state index contributed by atoms with van der Waals surface area (Å²) in [6, 6.07) is 0. The zero-order valence-electron chi connectivity index (χ0n) is 64.6. The summed E-state index contributed by atoms with van der Waals surface area (Å²) in [4.78, 5) is 58.6. The van der Waals surface area contributed by atoms with Crippen LogP contribution in [0.15, 0.2) is 72.9 Å². The highest BCUT2D eigenvalue weighted by Gasteiger charge is 2.29. The average molecular weight is 1470 g/mol. The second-order valence-corrected chi connectivity index (χ2v) is 30.8. The summed E-state index contributed by atoms with van der Waals surface area (Å²) in [7, 11) is -9.77. The molecule has 5 atom stereocenters. The number of phosphoric acid groups is 2. The van der Waals surface area contributed by atoms with Crippen molar-refractivity contribution in [1.29, 1.82) is 0 Å². The van der Waals surface area contributed by atoms with Crippen molar-refractivity contribution in [3.63, 3.8) is 0 Å². The summed E-state index contributed by atoms with van der Waals surface area (Å²) in [6.45, 7) is 2.65. The molecule has 0 aliphatic carbocycles. The molecule has 0 aliphatic heterocycles. The molecule has 0 fully saturated rings. The Kier molecular flexibility index (Phi) is 74.3. The fourth-order valence-corrected chi connectivity index (χ4v) is 13.3. The smallest absolute Gasteiger partial charge is 0.463 e. The van der Waals surface area contributed by atoms with E-state index in [1.807, 2.05) is 0 Å². The second-order valence-electron chi connectivity index (χ2n) is 27.9. The summed E-state index contributed by atoms with van der Waals surface area (Å²) in [5, 5.41) is 20.6. The van der Waals surface area contributed by atoms with Crippen molar-refractivity contribution in [3.05, 3.63) is 72.9 Å². The van der Waals surface area contributed by atoms with Gasteiger partial charge in [-0.3, -0.25) is 32.5 Å². The quantitative estimate of drug-likeness (QED) is 0.0146. The number of hydrogen-bond donors (Lipinski definition) is 4. The van der Waals surface area contributed by atoms with Crippen LogP contribution >= 0.6 is 15.6 Å². The highest BCUT2D eigenvalue weighted by molar-refractivity contribution is 7.47. The molecule has 0 heterocycles. The van der Waals surface area contributed by atoms with Crippen LogP contribution in [0.4, 0.5) is 0 Å². The molecule has 4 N–H and O–H groups in total. The monoisotopic (exact) mass is 1470 g/mol. The highest BCUT2D eigenvalue weighted by Crippen LogP contribution is 2.45. The number of aliphatic hydroxyl groups excluding tert-OH is 2. The lowest BCUT2D eigenvalue weighted by Crippen LogP contribution is -2.30. The number of aliphatic hydroxyl groups is 2. The molecule has 0 aromatic carbocycles. The molecule has 0 aliphatic rings. The summed E-state index contributed by atoms with van der Waals surface area (Å²) in [5.74, 6) is -1.54. The normalized spacial score (nSPS) is 14.3. The first-order valence-corrected chi connectivity index (χ1v) is 44.2. The minimum Gasteiger partial charge on any atom is -0.463 e. The predicted octanol–water partition coefficient (Wildman–Crippen LogP) is 24.2. The van der Waals surface area contributed by atoms with Gasteiger partial charge in [-0.05, 0) is 70.6 Å². The van der Waals surface area contributed by atoms with Crippen LogP contribution in [0.5, 0.6) is 0 Å². The third kappa shape index (κ3) is 77.9. The topological polar surface area (TPSA) is 231 Å². The molecule has 0 radical (unpaired) electrons. The van der Waals surface area contributed by atoms with Crippen molar-refractivity contribution in [2.24, 2.45) is 0 Å². The van der Waals surface area contributed by atoms with Gasteiger partial charge in [-0.15, -0.1) is 0 Å². The van der Waals surface area contributed by atoms with Gasteiger partial charge in [0.2, 0.25) is 0 Å². The van der Waals surface area contributed by atoms with Crippen molar-refractivity contribution >= 4 is 33.6 Å². The van der Waals surface area contributed by atoms with Crippen LogP contribution in [0, 0.1) is 0 Å². The third-order valence-corrected chi connectivity index (χ3v) is 19.8. The molecule has 0 bridgehead atoms. The van der Waals surface area contributed by atoms with E-state index in [4.69, 9.17) is 32.3 Å². The lowest BCUT2D eigenvalue weighted by Gasteiger charge is -2.21. The van der Waals surface area contributed by atoms with Gasteiger partial charge in [0, 0.05) is 19.3 Å². The Morgan fingerprint density at radius 2 is 0.525 bits per heavy atom. The van der Waals surface area contributed by atoms with E-state index in [0.717, 1.165) is 96.3 Å². The maximum absolute atomic E-state index is 13.0. The number of rotatable bonds is 79. The lowest BCUT2D eigenvalue weighted by molar-refractivity contribution is -0.161. The van der Waals surface area contributed by atoms with E-state index in [0.29, 0.717) is 19.3 Å². The molecular weight excluding hydrogens is 1310 g/mol. The van der Waals surface area contributed by atoms with E-state index in [1.54, 1.807) is 0 Å². The van der Waals surface area contributed by atoms with Crippen molar-refractivity contribution in [2.75, 3.05) is 39.6 Å². The average Bonchev–Trinajstić information content (AvgIpc) is 1.74. The first-order valence-electron chi connectivity index (χ1n) is 41.2. The molecule has 0 spiro atoms. The van der Waals surface area contributed by atoms with Gasteiger partial charge in [-0.25, -0.2) is 9.13 Å². The fraction of sp³-hybridized carbons (Fsp3) is 0.819. The summed E-state index contributed by atoms with van der Waals surface area (Å²) in [5.41, 5.74) is 0. The van der Waals surface area contributed by atoms with Crippen molar-refractivity contribution in [1.82, 2.24) is 0 Å². The SMILES string of the molecule is CC/C=C\C/C=C\C/C=C\C/C=C\C/C=C\C/C=C\CCCCCCCCCCCCCCCCCCC(=O)OCC(O)COP(=O)(O)OCC(O)COP(=O)(O)OCC(COC(=O)CCCCCCCCCCCCCCCCC)OC(=O)CCCCCCCCCCCCCCCCC. The number of esters is 3. The Labute approximate surface area is 617 Å². The van der Waals surface area contributed by atoms with Gasteiger partial charge >= 0.3 is 33.6 Å². The number of hydrogen-bond acceptors (Lipinski definition) is 14. The minimum absolute atomic E-state index is 0.114. The van der Waals surface area contributed by atoms with Crippen molar-refractivity contribution in [2.45, 2.75) is 399 Å². The van der Waals surface area contributed by atoms with Gasteiger partial charge in [-0.1, -0.05) is 363 Å². The Morgan fingerprint density at radius 1 is 0.287 bits per heavy atom. The Bertz CT molecular complexity index is 2130. The molecule has 101 heavy (non-hydrogen) atoms. The minimum atomic E-state index is -4.92. The Morgan fingerprint density at radius 3 is 0.832 bits per heavy atom. The van der Waals surface area contributed by atoms with Crippen LogP contribution in [-0.4, -0.2) is 95.9 Å². The van der Waals surface area contributed by atoms with E-state index in [9.17, 15) is 43.5 Å². The first kappa shape index (κ1) is 98.0. The zero-order chi connectivity index (χ0) is 73.7. The van der Waals surface area contributed by atoms with E-state index in [2.05, 4.69) is 93.7 Å². The van der Waals surface area contributed by atoms with Gasteiger partial charge in [0.05, 0.1) is 26.4 Å². The van der Waals surface area contributed by atoms with Crippen LogP contribution < -0.4 is 0 Å². The highest BCUT2D eigenvalue weighted by atomic mass is 31.2. The van der Waals surface area contributed by atoms with E-state index in [-0.39, 0.29) is 19.3 Å². The predicted molar refractivity (Wildman–Crippen MR) is 418 cm³/mol. The third-order valence-electron chi connectivity index (χ3n) is 17.9. The van der Waals surface area contributed by atoms with Crippen LogP contribution in [0.2, 0.25) is 0 Å². The molecule has 0 aromatic heterocycles. The molecule has 18 heteroatoms. The van der Waals surface area contributed by atoms with Gasteiger partial charge in [-0.2, -0.15) is 0 Å². The number of ether oxygens (including phenoxy) is 3. The van der Waals surface area contributed by atoms with E-state index in [1.165, 1.54) is 225 Å². The van der Waals surface area contributed by atoms with Crippen molar-refractivity contribution in [3.8, 4) is 0 Å². The molecule has 0 saturated heterocycles. The number of carbonyl (C=O) groups is 3. The van der Waals surface area contributed by atoms with Gasteiger partial charge < -0.3 is 34.2 Å². The van der Waals surface area contributed by atoms with E-state index >= 15 is 0 Å². The fourth-order valence-electron chi connectivity index (χ4n) is 11.7. The zero-order valence-corrected chi connectivity index (χ0v) is 66.4. The summed E-state index contributed by atoms with van der Waals surface area (Å²) in [6.07, 6.45) is 85.4. The molecule has 0 aromatic rings. The Balaban J connectivity index is 4.33. The second kappa shape index (κ2) is 76.6. The maximum atomic E-state index is 13.0. The van der Waals surface area contributed by atoms with Crippen LogP contribution in [0.25, 0.3) is 0 Å². The standard InChI is InChI=1S/C83H152O16P2/c1-4-7-10-13-16-19-22-25-28-29-30-31-32-33-34-35-36-37-38-39-40-41-42-43-44-45-46-47-50-52-54-57-60-63-66-69-81(86)93-72-78(84)73-95-100(89,90)96-74-79(85)75-97-101(91,92)98-77-80(99-83(88)71-68-65-62-59-56-53-49-27-24-21-18-15-12-9-6-3)76-94-82(87)70-67-64-61-58-55-51-48-26-23-20-17-14-11-8-5-2/h7,10,16,19,25,28,30-31,33-34,36-37,78-80,84-85H,4-6,8-9,11-15,17-18,20-24,26-27,29,32,35,38-77H2,1-3H3,(H,89,90)(H,91,92)/b10-7-,19-16-,28-25-,31-30-,34-33-,37-36-. The summed E-state index contributed by atoms with van der Waals surface area (Å²) < 4.78 is 61.2. The molecule has 0 amide bonds. The number of allylic oxidation sites excluding steroid dienone is 12. The maximum Gasteiger partial charge on any atom is 0.472 e. The van der Waals surface area contributed by atoms with Gasteiger partial charge in [0.25, 0.3) is 0 Å². The van der Waals surface area contributed by atoms with Crippen LogP contribution in [-0.2, 0) is 55.8 Å². The first-order chi connectivity index (χ1) is 49.2. The largest absolute Gasteiger partial charge is 0.472 e.